The van der Waals surface area contributed by atoms with Crippen molar-refractivity contribution in [2.24, 2.45) is 0 Å². The molecule has 3 aromatic rings. The fourth-order valence-corrected chi connectivity index (χ4v) is 3.13. The number of aromatic nitrogens is 4. The zero-order chi connectivity index (χ0) is 16.9. The molecule has 0 fully saturated rings. The lowest BCUT2D eigenvalue weighted by molar-refractivity contribution is -0.113. The molecule has 6 nitrogen and oxygen atoms in total. The van der Waals surface area contributed by atoms with Crippen molar-refractivity contribution in [2.45, 2.75) is 25.4 Å². The Morgan fingerprint density at radius 2 is 2.00 bits per heavy atom. The Balaban J connectivity index is 1.65. The van der Waals surface area contributed by atoms with E-state index in [0.717, 1.165) is 17.9 Å². The second-order valence-electron chi connectivity index (χ2n) is 5.30. The third kappa shape index (κ3) is 3.68. The van der Waals surface area contributed by atoms with Crippen molar-refractivity contribution < 1.29 is 4.79 Å². The second-order valence-corrected chi connectivity index (χ2v) is 6.24. The predicted molar refractivity (Wildman–Crippen MR) is 95.2 cm³/mol. The summed E-state index contributed by atoms with van der Waals surface area (Å²) in [4.78, 5) is 12.2. The van der Waals surface area contributed by atoms with Gasteiger partial charge in [-0.1, -0.05) is 30.8 Å². The molecule has 1 amide bonds. The van der Waals surface area contributed by atoms with Gasteiger partial charge in [0.05, 0.1) is 5.75 Å². The molecule has 0 saturated heterocycles. The first-order chi connectivity index (χ1) is 11.7. The maximum atomic E-state index is 12.2. The number of thioether (sulfide) groups is 1. The van der Waals surface area contributed by atoms with Gasteiger partial charge < -0.3 is 5.32 Å². The van der Waals surface area contributed by atoms with Crippen LogP contribution in [0.1, 0.15) is 18.3 Å². The number of nitrogens with one attached hydrogen (secondary N) is 1. The van der Waals surface area contributed by atoms with Gasteiger partial charge in [0.2, 0.25) is 11.1 Å². The average Bonchev–Trinajstić information content (AvgIpc) is 3.22. The number of anilines is 1. The van der Waals surface area contributed by atoms with Gasteiger partial charge in [0.25, 0.3) is 0 Å². The molecular weight excluding hydrogens is 322 g/mol. The molecule has 0 aliphatic rings. The lowest BCUT2D eigenvalue weighted by Gasteiger charge is -2.09. The van der Waals surface area contributed by atoms with Gasteiger partial charge in [-0.25, -0.2) is 4.68 Å². The van der Waals surface area contributed by atoms with Crippen LogP contribution in [0.5, 0.6) is 0 Å². The quantitative estimate of drug-likeness (QED) is 0.700. The Bertz CT molecular complexity index is 825. The highest BCUT2D eigenvalue weighted by atomic mass is 32.2. The number of aryl methyl sites for hydroxylation is 2. The van der Waals surface area contributed by atoms with Gasteiger partial charge in [0.1, 0.15) is 0 Å². The van der Waals surface area contributed by atoms with E-state index in [-0.39, 0.29) is 11.7 Å². The van der Waals surface area contributed by atoms with E-state index >= 15 is 0 Å². The van der Waals surface area contributed by atoms with Crippen LogP contribution in [0.15, 0.2) is 53.9 Å². The van der Waals surface area contributed by atoms with Gasteiger partial charge >= 0.3 is 0 Å². The molecule has 0 spiro atoms. The highest BCUT2D eigenvalue weighted by molar-refractivity contribution is 7.99. The highest BCUT2D eigenvalue weighted by Gasteiger charge is 2.13. The van der Waals surface area contributed by atoms with Gasteiger partial charge in [0, 0.05) is 18.1 Å². The number of hydrogen-bond acceptors (Lipinski definition) is 4. The van der Waals surface area contributed by atoms with Crippen molar-refractivity contribution in [3.05, 3.63) is 60.2 Å². The van der Waals surface area contributed by atoms with Crippen LogP contribution in [0.4, 0.5) is 5.69 Å². The Labute approximate surface area is 144 Å². The minimum absolute atomic E-state index is 0.0621. The topological polar surface area (TPSA) is 64.7 Å². The van der Waals surface area contributed by atoms with Gasteiger partial charge in [-0.15, -0.1) is 10.2 Å². The molecule has 2 aromatic heterocycles. The van der Waals surface area contributed by atoms with E-state index < -0.39 is 0 Å². The summed E-state index contributed by atoms with van der Waals surface area (Å²) in [6.45, 7) is 3.97. The summed E-state index contributed by atoms with van der Waals surface area (Å²) in [7, 11) is 0. The number of hydrogen-bond donors (Lipinski definition) is 1. The molecule has 2 heterocycles. The fourth-order valence-electron chi connectivity index (χ4n) is 2.35. The summed E-state index contributed by atoms with van der Waals surface area (Å²) in [6.07, 6.45) is 4.77. The molecule has 3 rings (SSSR count). The van der Waals surface area contributed by atoms with Crippen molar-refractivity contribution >= 4 is 23.4 Å². The minimum Gasteiger partial charge on any atom is -0.325 e. The highest BCUT2D eigenvalue weighted by Crippen LogP contribution is 2.18. The smallest absolute Gasteiger partial charge is 0.234 e. The molecule has 124 valence electrons. The van der Waals surface area contributed by atoms with E-state index in [0.29, 0.717) is 5.16 Å². The molecule has 0 atom stereocenters. The molecule has 0 aliphatic heterocycles. The van der Waals surface area contributed by atoms with Gasteiger partial charge in [-0.2, -0.15) is 0 Å². The van der Waals surface area contributed by atoms with Gasteiger partial charge in [0.15, 0.2) is 5.82 Å². The molecule has 0 unspecified atom stereocenters. The molecule has 24 heavy (non-hydrogen) atoms. The molecule has 1 aromatic carbocycles. The molecule has 0 saturated carbocycles. The number of nitrogens with zero attached hydrogens (tertiary/aromatic N) is 4. The maximum absolute atomic E-state index is 12.2. The van der Waals surface area contributed by atoms with Crippen LogP contribution in [0.25, 0.3) is 0 Å². The van der Waals surface area contributed by atoms with Crippen LogP contribution in [0.3, 0.4) is 0 Å². The van der Waals surface area contributed by atoms with Crippen molar-refractivity contribution in [1.82, 2.24) is 19.5 Å². The number of carbonyl (C=O) groups excluding carboxylic acids is 1. The lowest BCUT2D eigenvalue weighted by atomic mass is 10.1. The van der Waals surface area contributed by atoms with Crippen LogP contribution in [0, 0.1) is 6.92 Å². The molecule has 0 radical (unpaired) electrons. The first-order valence-corrected chi connectivity index (χ1v) is 8.73. The lowest BCUT2D eigenvalue weighted by Crippen LogP contribution is -2.16. The maximum Gasteiger partial charge on any atom is 0.234 e. The van der Waals surface area contributed by atoms with E-state index in [1.165, 1.54) is 17.3 Å². The Hall–Kier alpha value is -2.54. The van der Waals surface area contributed by atoms with Crippen LogP contribution < -0.4 is 5.32 Å². The standard InChI is InChI=1S/C17H19N5OS/c1-3-14-7-6-8-15(11-14)18-16(23)12-24-17-20-19-13(2)22(17)21-9-4-5-10-21/h4-11H,3,12H2,1-2H3,(H,18,23). The summed E-state index contributed by atoms with van der Waals surface area (Å²) < 4.78 is 3.76. The Kier molecular flexibility index (Phi) is 5.00. The van der Waals surface area contributed by atoms with E-state index in [2.05, 4.69) is 22.4 Å². The molecule has 0 bridgehead atoms. The monoisotopic (exact) mass is 341 g/mol. The molecule has 7 heteroatoms. The number of amides is 1. The molecule has 0 aliphatic carbocycles. The van der Waals surface area contributed by atoms with Gasteiger partial charge in [-0.3, -0.25) is 9.47 Å². The van der Waals surface area contributed by atoms with Crippen molar-refractivity contribution in [2.75, 3.05) is 11.1 Å². The Morgan fingerprint density at radius 3 is 2.75 bits per heavy atom. The Morgan fingerprint density at radius 1 is 1.21 bits per heavy atom. The first-order valence-electron chi connectivity index (χ1n) is 7.74. The van der Waals surface area contributed by atoms with Crippen LogP contribution in [-0.4, -0.2) is 31.2 Å². The van der Waals surface area contributed by atoms with E-state index in [1.54, 1.807) is 0 Å². The SMILES string of the molecule is CCc1cccc(NC(=O)CSc2nnc(C)n2-n2cccc2)c1. The minimum atomic E-state index is -0.0621. The summed E-state index contributed by atoms with van der Waals surface area (Å²) in [6, 6.07) is 11.8. The molecule has 1 N–H and O–H groups in total. The zero-order valence-corrected chi connectivity index (χ0v) is 14.5. The van der Waals surface area contributed by atoms with Crippen molar-refractivity contribution in [3.8, 4) is 0 Å². The number of carbonyl (C=O) groups is 1. The van der Waals surface area contributed by atoms with Crippen LogP contribution in [-0.2, 0) is 11.2 Å². The van der Waals surface area contributed by atoms with E-state index in [4.69, 9.17) is 0 Å². The second kappa shape index (κ2) is 7.35. The number of rotatable bonds is 6. The normalized spacial score (nSPS) is 10.8. The fraction of sp³-hybridized carbons (Fsp3) is 0.235. The summed E-state index contributed by atoms with van der Waals surface area (Å²) in [5.41, 5.74) is 2.02. The average molecular weight is 341 g/mol. The van der Waals surface area contributed by atoms with Crippen molar-refractivity contribution in [3.63, 3.8) is 0 Å². The first kappa shape index (κ1) is 16.3. The zero-order valence-electron chi connectivity index (χ0n) is 13.6. The van der Waals surface area contributed by atoms with E-state index in [9.17, 15) is 4.79 Å². The predicted octanol–water partition coefficient (Wildman–Crippen LogP) is 2.99. The van der Waals surface area contributed by atoms with Gasteiger partial charge in [-0.05, 0) is 43.2 Å². The summed E-state index contributed by atoms with van der Waals surface area (Å²) >= 11 is 1.36. The third-order valence-electron chi connectivity index (χ3n) is 3.54. The van der Waals surface area contributed by atoms with E-state index in [1.807, 2.05) is 65.1 Å². The summed E-state index contributed by atoms with van der Waals surface area (Å²) in [5.74, 6) is 0.980. The largest absolute Gasteiger partial charge is 0.325 e. The summed E-state index contributed by atoms with van der Waals surface area (Å²) in [5, 5.41) is 11.9. The van der Waals surface area contributed by atoms with Crippen LogP contribution >= 0.6 is 11.8 Å². The third-order valence-corrected chi connectivity index (χ3v) is 4.46. The molecular formula is C17H19N5OS. The van der Waals surface area contributed by atoms with Crippen molar-refractivity contribution in [1.29, 1.82) is 0 Å². The van der Waals surface area contributed by atoms with Crippen LogP contribution in [0.2, 0.25) is 0 Å². The number of benzene rings is 1.